The molecule has 0 saturated carbocycles. The van der Waals surface area contributed by atoms with Gasteiger partial charge >= 0.3 is 6.18 Å². The Balaban J connectivity index is 0.00000361. The largest absolute Gasteiger partial charge is 0.494 e. The zero-order valence-corrected chi connectivity index (χ0v) is 12.6. The standard InChI is InChI=1S/C13H18F3NOS.ClH/c14-13(15,16)10-4-3-6-12(8-10)18-7-2-1-5-11(17)9-19;/h3-4,6,8,11,19H,1-2,5,7,9,17H2;1H/t11-;/m0./s1. The highest BCUT2D eigenvalue weighted by molar-refractivity contribution is 7.80. The van der Waals surface area contributed by atoms with Crippen LogP contribution in [0.3, 0.4) is 0 Å². The second-order valence-electron chi connectivity index (χ2n) is 4.31. The molecule has 0 unspecified atom stereocenters. The van der Waals surface area contributed by atoms with Gasteiger partial charge in [0.15, 0.2) is 0 Å². The molecular weight excluding hydrogens is 311 g/mol. The summed E-state index contributed by atoms with van der Waals surface area (Å²) in [5, 5.41) is 0. The van der Waals surface area contributed by atoms with E-state index >= 15 is 0 Å². The maximum atomic E-state index is 12.5. The van der Waals surface area contributed by atoms with Crippen LogP contribution in [0.25, 0.3) is 0 Å². The van der Waals surface area contributed by atoms with Gasteiger partial charge in [0, 0.05) is 11.8 Å². The predicted octanol–water partition coefficient (Wildman–Crippen LogP) is 3.93. The molecule has 0 amide bonds. The van der Waals surface area contributed by atoms with Crippen molar-refractivity contribution in [2.24, 2.45) is 5.73 Å². The molecule has 2 nitrogen and oxygen atoms in total. The van der Waals surface area contributed by atoms with Crippen molar-refractivity contribution in [3.8, 4) is 5.75 Å². The zero-order valence-electron chi connectivity index (χ0n) is 10.9. The van der Waals surface area contributed by atoms with Crippen molar-refractivity contribution < 1.29 is 17.9 Å². The molecule has 7 heteroatoms. The SMILES string of the molecule is Cl.N[C@H](CS)CCCCOc1cccc(C(F)(F)F)c1. The average Bonchev–Trinajstić information content (AvgIpc) is 2.37. The number of alkyl halides is 3. The van der Waals surface area contributed by atoms with E-state index in [0.717, 1.165) is 31.4 Å². The van der Waals surface area contributed by atoms with Gasteiger partial charge in [-0.3, -0.25) is 0 Å². The lowest BCUT2D eigenvalue weighted by atomic mass is 10.1. The molecule has 1 aromatic carbocycles. The van der Waals surface area contributed by atoms with Gasteiger partial charge in [-0.1, -0.05) is 6.07 Å². The smallest absolute Gasteiger partial charge is 0.416 e. The number of nitrogens with two attached hydrogens (primary N) is 1. The van der Waals surface area contributed by atoms with Gasteiger partial charge in [0.2, 0.25) is 0 Å². The summed E-state index contributed by atoms with van der Waals surface area (Å²) in [5.74, 6) is 0.877. The van der Waals surface area contributed by atoms with Crippen molar-refractivity contribution in [2.75, 3.05) is 12.4 Å². The van der Waals surface area contributed by atoms with Crippen LogP contribution in [0.5, 0.6) is 5.75 Å². The van der Waals surface area contributed by atoms with E-state index in [-0.39, 0.29) is 24.2 Å². The van der Waals surface area contributed by atoms with Gasteiger partial charge in [-0.2, -0.15) is 25.8 Å². The van der Waals surface area contributed by atoms with Crippen molar-refractivity contribution in [3.63, 3.8) is 0 Å². The van der Waals surface area contributed by atoms with E-state index in [9.17, 15) is 13.2 Å². The molecule has 0 fully saturated rings. The Kier molecular flexibility index (Phi) is 9.09. The van der Waals surface area contributed by atoms with Crippen molar-refractivity contribution in [2.45, 2.75) is 31.5 Å². The molecule has 0 aliphatic rings. The fraction of sp³-hybridized carbons (Fsp3) is 0.538. The number of benzene rings is 1. The average molecular weight is 330 g/mol. The molecule has 1 aromatic rings. The maximum absolute atomic E-state index is 12.5. The summed E-state index contributed by atoms with van der Waals surface area (Å²) in [6.45, 7) is 0.389. The quantitative estimate of drug-likeness (QED) is 0.587. The van der Waals surface area contributed by atoms with E-state index < -0.39 is 11.7 Å². The minimum absolute atomic E-state index is 0. The van der Waals surface area contributed by atoms with Crippen molar-refractivity contribution in [1.29, 1.82) is 0 Å². The highest BCUT2D eigenvalue weighted by atomic mass is 35.5. The lowest BCUT2D eigenvalue weighted by Gasteiger charge is -2.11. The summed E-state index contributed by atoms with van der Waals surface area (Å²) in [7, 11) is 0. The van der Waals surface area contributed by atoms with E-state index in [2.05, 4.69) is 12.6 Å². The van der Waals surface area contributed by atoms with E-state index in [0.29, 0.717) is 12.4 Å². The van der Waals surface area contributed by atoms with Gasteiger partial charge in [0.05, 0.1) is 12.2 Å². The molecule has 116 valence electrons. The minimum atomic E-state index is -4.33. The van der Waals surface area contributed by atoms with Gasteiger partial charge in [0.1, 0.15) is 5.75 Å². The predicted molar refractivity (Wildman–Crippen MR) is 79.9 cm³/mol. The Hall–Kier alpha value is -0.590. The Bertz CT molecular complexity index is 390. The number of ether oxygens (including phenoxy) is 1. The zero-order chi connectivity index (χ0) is 14.3. The molecule has 1 atom stereocenters. The molecule has 1 rings (SSSR count). The molecule has 0 saturated heterocycles. The van der Waals surface area contributed by atoms with Gasteiger partial charge in [-0.05, 0) is 37.5 Å². The number of halogens is 4. The highest BCUT2D eigenvalue weighted by Gasteiger charge is 2.30. The minimum Gasteiger partial charge on any atom is -0.494 e. The normalized spacial score (nSPS) is 12.7. The summed E-state index contributed by atoms with van der Waals surface area (Å²) in [6, 6.07) is 4.97. The molecule has 20 heavy (non-hydrogen) atoms. The summed E-state index contributed by atoms with van der Waals surface area (Å²) in [4.78, 5) is 0. The van der Waals surface area contributed by atoms with Crippen LogP contribution in [0.15, 0.2) is 24.3 Å². The van der Waals surface area contributed by atoms with Gasteiger partial charge in [-0.15, -0.1) is 12.4 Å². The Morgan fingerprint density at radius 3 is 2.55 bits per heavy atom. The summed E-state index contributed by atoms with van der Waals surface area (Å²) >= 11 is 4.07. The molecular formula is C13H19ClF3NOS. The number of hydrogen-bond donors (Lipinski definition) is 2. The monoisotopic (exact) mass is 329 g/mol. The third-order valence-electron chi connectivity index (χ3n) is 2.63. The first-order valence-corrected chi connectivity index (χ1v) is 6.73. The van der Waals surface area contributed by atoms with E-state index in [1.54, 1.807) is 0 Å². The van der Waals surface area contributed by atoms with E-state index in [1.165, 1.54) is 12.1 Å². The lowest BCUT2D eigenvalue weighted by Crippen LogP contribution is -2.21. The van der Waals surface area contributed by atoms with Crippen LogP contribution < -0.4 is 10.5 Å². The molecule has 0 radical (unpaired) electrons. The Morgan fingerprint density at radius 1 is 1.25 bits per heavy atom. The first kappa shape index (κ1) is 19.4. The van der Waals surface area contributed by atoms with E-state index in [4.69, 9.17) is 10.5 Å². The second kappa shape index (κ2) is 9.37. The summed E-state index contributed by atoms with van der Waals surface area (Å²) in [5.41, 5.74) is 5.00. The van der Waals surface area contributed by atoms with Crippen LogP contribution in [-0.2, 0) is 6.18 Å². The van der Waals surface area contributed by atoms with Gasteiger partial charge in [0.25, 0.3) is 0 Å². The summed E-state index contributed by atoms with van der Waals surface area (Å²) in [6.07, 6.45) is -1.85. The third kappa shape index (κ3) is 7.26. The number of rotatable bonds is 7. The molecule has 2 N–H and O–H groups in total. The lowest BCUT2D eigenvalue weighted by molar-refractivity contribution is -0.137. The second-order valence-corrected chi connectivity index (χ2v) is 4.68. The van der Waals surface area contributed by atoms with Crippen LogP contribution in [0.1, 0.15) is 24.8 Å². The molecule has 0 bridgehead atoms. The first-order chi connectivity index (χ1) is 8.93. The highest BCUT2D eigenvalue weighted by Crippen LogP contribution is 2.31. The molecule has 0 aliphatic heterocycles. The van der Waals surface area contributed by atoms with Crippen LogP contribution in [-0.4, -0.2) is 18.4 Å². The van der Waals surface area contributed by atoms with Crippen LogP contribution >= 0.6 is 25.0 Å². The third-order valence-corrected chi connectivity index (χ3v) is 3.10. The molecule has 0 aromatic heterocycles. The number of hydrogen-bond acceptors (Lipinski definition) is 3. The Labute approximate surface area is 128 Å². The molecule has 0 aliphatic carbocycles. The fourth-order valence-electron chi connectivity index (χ4n) is 1.55. The van der Waals surface area contributed by atoms with Crippen LogP contribution in [0, 0.1) is 0 Å². The van der Waals surface area contributed by atoms with Crippen molar-refractivity contribution in [1.82, 2.24) is 0 Å². The van der Waals surface area contributed by atoms with Crippen LogP contribution in [0.4, 0.5) is 13.2 Å². The van der Waals surface area contributed by atoms with Crippen molar-refractivity contribution >= 4 is 25.0 Å². The van der Waals surface area contributed by atoms with Gasteiger partial charge in [-0.25, -0.2) is 0 Å². The van der Waals surface area contributed by atoms with Gasteiger partial charge < -0.3 is 10.5 Å². The molecule has 0 heterocycles. The number of unbranched alkanes of at least 4 members (excludes halogenated alkanes) is 1. The Morgan fingerprint density at radius 2 is 1.95 bits per heavy atom. The van der Waals surface area contributed by atoms with E-state index in [1.807, 2.05) is 0 Å². The van der Waals surface area contributed by atoms with Crippen LogP contribution in [0.2, 0.25) is 0 Å². The number of thiol groups is 1. The first-order valence-electron chi connectivity index (χ1n) is 6.10. The van der Waals surface area contributed by atoms with Crippen molar-refractivity contribution in [3.05, 3.63) is 29.8 Å². The molecule has 0 spiro atoms. The fourth-order valence-corrected chi connectivity index (χ4v) is 1.73. The summed E-state index contributed by atoms with van der Waals surface area (Å²) < 4.78 is 42.7. The topological polar surface area (TPSA) is 35.2 Å². The maximum Gasteiger partial charge on any atom is 0.416 e.